The Kier molecular flexibility index (Phi) is 4.67. The van der Waals surface area contributed by atoms with Crippen LogP contribution in [0.1, 0.15) is 28.8 Å². The number of hydrogen-bond acceptors (Lipinski definition) is 5. The molecule has 3 amide bonds. The number of aryl methyl sites for hydroxylation is 1. The van der Waals surface area contributed by atoms with Crippen LogP contribution in [0.25, 0.3) is 10.9 Å². The Labute approximate surface area is 184 Å². The van der Waals surface area contributed by atoms with Crippen molar-refractivity contribution in [3.8, 4) is 11.8 Å². The fraction of sp³-hybridized carbons (Fsp3) is 0.250. The maximum absolute atomic E-state index is 13.4. The molecule has 0 bridgehead atoms. The number of fused-ring (bicyclic) bond motifs is 3. The van der Waals surface area contributed by atoms with Gasteiger partial charge in [0.25, 0.3) is 5.91 Å². The van der Waals surface area contributed by atoms with Gasteiger partial charge in [0.1, 0.15) is 5.75 Å². The highest BCUT2D eigenvalue weighted by atomic mass is 16.5. The van der Waals surface area contributed by atoms with E-state index in [4.69, 9.17) is 10.00 Å². The highest BCUT2D eigenvalue weighted by molar-refractivity contribution is 6.14. The Morgan fingerprint density at radius 3 is 2.78 bits per heavy atom. The van der Waals surface area contributed by atoms with Crippen molar-refractivity contribution in [2.45, 2.75) is 24.9 Å². The smallest absolute Gasteiger partial charge is 0.325 e. The van der Waals surface area contributed by atoms with E-state index < -0.39 is 17.5 Å². The van der Waals surface area contributed by atoms with Gasteiger partial charge < -0.3 is 14.6 Å². The fourth-order valence-electron chi connectivity index (χ4n) is 4.57. The summed E-state index contributed by atoms with van der Waals surface area (Å²) in [5.74, 6) is -0.223. The number of ether oxygens (including phenoxy) is 1. The summed E-state index contributed by atoms with van der Waals surface area (Å²) >= 11 is 0. The highest BCUT2D eigenvalue weighted by Gasteiger charge is 2.55. The predicted molar refractivity (Wildman–Crippen MR) is 115 cm³/mol. The number of benzene rings is 2. The summed E-state index contributed by atoms with van der Waals surface area (Å²) in [4.78, 5) is 40.5. The van der Waals surface area contributed by atoms with Crippen molar-refractivity contribution in [3.05, 3.63) is 65.9 Å². The Morgan fingerprint density at radius 2 is 1.94 bits per heavy atom. The standard InChI is InChI=1S/C24H20N4O4/c25-11-5-12-27-14-17(16-6-1-3-8-19(16)27)20(29)15-28-22(30)24(26-23(28)31)10-13-32-21-9-4-2-7-18(21)24/h1-4,6-9,14H,5,10,12-13,15H2,(H,26,31)/t24-/m1/s1. The van der Waals surface area contributed by atoms with Crippen LogP contribution in [0.15, 0.2) is 54.7 Å². The zero-order valence-electron chi connectivity index (χ0n) is 17.2. The Morgan fingerprint density at radius 1 is 1.16 bits per heavy atom. The molecule has 0 saturated carbocycles. The topological polar surface area (TPSA) is 104 Å². The molecule has 1 spiro atoms. The number of hydrogen-bond donors (Lipinski definition) is 1. The number of urea groups is 1. The van der Waals surface area contributed by atoms with E-state index in [-0.39, 0.29) is 18.9 Å². The van der Waals surface area contributed by atoms with Crippen molar-refractivity contribution in [1.82, 2.24) is 14.8 Å². The first-order chi connectivity index (χ1) is 15.5. The molecule has 2 aromatic carbocycles. The van der Waals surface area contributed by atoms with E-state index in [1.807, 2.05) is 34.9 Å². The number of amides is 3. The molecule has 2 aliphatic rings. The van der Waals surface area contributed by atoms with Gasteiger partial charge in [0, 0.05) is 41.2 Å². The van der Waals surface area contributed by atoms with Crippen LogP contribution in [0.2, 0.25) is 0 Å². The van der Waals surface area contributed by atoms with Crippen molar-refractivity contribution in [3.63, 3.8) is 0 Å². The van der Waals surface area contributed by atoms with E-state index in [1.165, 1.54) is 0 Å². The Bertz CT molecular complexity index is 1300. The lowest BCUT2D eigenvalue weighted by Gasteiger charge is -2.33. The van der Waals surface area contributed by atoms with Crippen molar-refractivity contribution >= 4 is 28.6 Å². The van der Waals surface area contributed by atoms with Crippen molar-refractivity contribution < 1.29 is 19.1 Å². The van der Waals surface area contributed by atoms with Gasteiger partial charge in [-0.3, -0.25) is 14.5 Å². The van der Waals surface area contributed by atoms with Gasteiger partial charge in [-0.15, -0.1) is 0 Å². The maximum atomic E-state index is 13.4. The second-order valence-corrected chi connectivity index (χ2v) is 7.91. The number of nitriles is 1. The van der Waals surface area contributed by atoms with Gasteiger partial charge in [0.2, 0.25) is 0 Å². The van der Waals surface area contributed by atoms with E-state index in [0.29, 0.717) is 36.3 Å². The molecule has 160 valence electrons. The van der Waals surface area contributed by atoms with Gasteiger partial charge >= 0.3 is 6.03 Å². The van der Waals surface area contributed by atoms with Gasteiger partial charge in [-0.1, -0.05) is 36.4 Å². The summed E-state index contributed by atoms with van der Waals surface area (Å²) in [5, 5.41) is 12.5. The maximum Gasteiger partial charge on any atom is 0.325 e. The number of carbonyl (C=O) groups excluding carboxylic acids is 3. The molecule has 8 heteroatoms. The minimum Gasteiger partial charge on any atom is -0.493 e. The SMILES string of the molecule is N#CCCn1cc(C(=O)CN2C(=O)N[C@@]3(CCOc4ccccc43)C2=O)c2ccccc21. The van der Waals surface area contributed by atoms with Crippen LogP contribution in [0, 0.1) is 11.3 Å². The number of carbonyl (C=O) groups is 3. The normalized spacial score (nSPS) is 19.5. The number of ketones is 1. The van der Waals surface area contributed by atoms with E-state index in [2.05, 4.69) is 11.4 Å². The molecule has 1 aromatic heterocycles. The number of para-hydroxylation sites is 2. The molecular formula is C24H20N4O4. The summed E-state index contributed by atoms with van der Waals surface area (Å²) < 4.78 is 7.50. The second-order valence-electron chi connectivity index (χ2n) is 7.91. The van der Waals surface area contributed by atoms with Crippen molar-refractivity contribution in [2.24, 2.45) is 0 Å². The fourth-order valence-corrected chi connectivity index (χ4v) is 4.57. The first-order valence-electron chi connectivity index (χ1n) is 10.4. The van der Waals surface area contributed by atoms with Crippen LogP contribution in [-0.4, -0.2) is 40.3 Å². The van der Waals surface area contributed by atoms with E-state index in [0.717, 1.165) is 15.8 Å². The number of aromatic nitrogens is 1. The Balaban J connectivity index is 1.46. The first kappa shape index (κ1) is 19.8. The predicted octanol–water partition coefficient (Wildman–Crippen LogP) is 2.97. The molecule has 8 nitrogen and oxygen atoms in total. The van der Waals surface area contributed by atoms with Gasteiger partial charge in [0.15, 0.2) is 11.3 Å². The van der Waals surface area contributed by atoms with Crippen LogP contribution < -0.4 is 10.1 Å². The van der Waals surface area contributed by atoms with Crippen LogP contribution in [0.5, 0.6) is 5.75 Å². The number of nitrogens with zero attached hydrogens (tertiary/aromatic N) is 3. The lowest BCUT2D eigenvalue weighted by Crippen LogP contribution is -2.47. The third kappa shape index (κ3) is 2.94. The molecular weight excluding hydrogens is 408 g/mol. The van der Waals surface area contributed by atoms with Gasteiger partial charge in [-0.25, -0.2) is 4.79 Å². The second kappa shape index (κ2) is 7.54. The number of imide groups is 1. The van der Waals surface area contributed by atoms with Gasteiger partial charge in [-0.2, -0.15) is 5.26 Å². The molecule has 1 fully saturated rings. The number of nitrogens with one attached hydrogen (secondary N) is 1. The monoisotopic (exact) mass is 428 g/mol. The van der Waals surface area contributed by atoms with E-state index in [9.17, 15) is 14.4 Å². The third-order valence-corrected chi connectivity index (χ3v) is 6.11. The van der Waals surface area contributed by atoms with E-state index in [1.54, 1.807) is 24.4 Å². The van der Waals surface area contributed by atoms with Crippen LogP contribution in [0.4, 0.5) is 4.79 Å². The largest absolute Gasteiger partial charge is 0.493 e. The Hall–Kier alpha value is -4.12. The zero-order valence-corrected chi connectivity index (χ0v) is 17.2. The molecule has 1 atom stereocenters. The quantitative estimate of drug-likeness (QED) is 0.497. The molecule has 32 heavy (non-hydrogen) atoms. The third-order valence-electron chi connectivity index (χ3n) is 6.11. The van der Waals surface area contributed by atoms with E-state index >= 15 is 0 Å². The highest BCUT2D eigenvalue weighted by Crippen LogP contribution is 2.41. The molecule has 5 rings (SSSR count). The average Bonchev–Trinajstić information content (AvgIpc) is 3.29. The summed E-state index contributed by atoms with van der Waals surface area (Å²) in [6.07, 6.45) is 2.30. The first-order valence-corrected chi connectivity index (χ1v) is 10.4. The molecule has 3 aromatic rings. The van der Waals surface area contributed by atoms with Crippen LogP contribution >= 0.6 is 0 Å². The summed E-state index contributed by atoms with van der Waals surface area (Å²) in [7, 11) is 0. The summed E-state index contributed by atoms with van der Waals surface area (Å²) in [6, 6.07) is 16.0. The molecule has 0 radical (unpaired) electrons. The number of rotatable bonds is 5. The van der Waals surface area contributed by atoms with Gasteiger partial charge in [-0.05, 0) is 12.1 Å². The van der Waals surface area contributed by atoms with Crippen molar-refractivity contribution in [2.75, 3.05) is 13.2 Å². The lowest BCUT2D eigenvalue weighted by molar-refractivity contribution is -0.132. The molecule has 3 heterocycles. The molecule has 0 aliphatic carbocycles. The lowest BCUT2D eigenvalue weighted by atomic mass is 9.84. The zero-order chi connectivity index (χ0) is 22.3. The summed E-state index contributed by atoms with van der Waals surface area (Å²) in [5.41, 5.74) is 0.644. The molecule has 1 N–H and O–H groups in total. The van der Waals surface area contributed by atoms with Crippen LogP contribution in [-0.2, 0) is 16.9 Å². The molecule has 0 unspecified atom stereocenters. The molecule has 2 aliphatic heterocycles. The summed E-state index contributed by atoms with van der Waals surface area (Å²) in [6.45, 7) is 0.381. The minimum absolute atomic E-state index is 0.289. The van der Waals surface area contributed by atoms with Crippen molar-refractivity contribution in [1.29, 1.82) is 5.26 Å². The van der Waals surface area contributed by atoms with Gasteiger partial charge in [0.05, 0.1) is 25.6 Å². The average molecular weight is 428 g/mol. The molecule has 1 saturated heterocycles. The number of Topliss-reactive ketones (excluding diaryl/α,β-unsaturated/α-hetero) is 1. The van der Waals surface area contributed by atoms with Crippen LogP contribution in [0.3, 0.4) is 0 Å². The minimum atomic E-state index is -1.22.